The number of nitrogens with one attached hydrogen (secondary N) is 1. The number of carboxylic acid groups (broad SMARTS) is 1. The lowest BCUT2D eigenvalue weighted by atomic mass is 9.97. The van der Waals surface area contributed by atoms with Crippen molar-refractivity contribution in [2.75, 3.05) is 19.9 Å². The smallest absolute Gasteiger partial charge is 0.307 e. The van der Waals surface area contributed by atoms with Crippen LogP contribution in [0.3, 0.4) is 0 Å². The number of thioether (sulfide) groups is 1. The normalized spacial score (nSPS) is 21.9. The fourth-order valence-electron chi connectivity index (χ4n) is 2.69. The van der Waals surface area contributed by atoms with E-state index < -0.39 is 5.97 Å². The van der Waals surface area contributed by atoms with Crippen LogP contribution in [0.25, 0.3) is 0 Å². The first kappa shape index (κ1) is 15.2. The van der Waals surface area contributed by atoms with Crippen LogP contribution in [0, 0.1) is 5.92 Å². The van der Waals surface area contributed by atoms with Crippen LogP contribution in [0.15, 0.2) is 17.0 Å². The molecule has 2 unspecified atom stereocenters. The zero-order chi connectivity index (χ0) is 14.7. The Kier molecular flexibility index (Phi) is 4.94. The fourth-order valence-corrected chi connectivity index (χ4v) is 3.40. The van der Waals surface area contributed by atoms with E-state index in [1.807, 2.05) is 0 Å². The molecule has 1 fully saturated rings. The lowest BCUT2D eigenvalue weighted by molar-refractivity contribution is -0.141. The van der Waals surface area contributed by atoms with Gasteiger partial charge in [0.05, 0.1) is 13.0 Å². The van der Waals surface area contributed by atoms with Gasteiger partial charge in [0.1, 0.15) is 5.75 Å². The Morgan fingerprint density at radius 1 is 1.55 bits per heavy atom. The minimum absolute atomic E-state index is 0.0582. The monoisotopic (exact) mass is 295 g/mol. The summed E-state index contributed by atoms with van der Waals surface area (Å²) in [6, 6.07) is 4.28. The predicted molar refractivity (Wildman–Crippen MR) is 80.6 cm³/mol. The average molecular weight is 295 g/mol. The van der Waals surface area contributed by atoms with Crippen LogP contribution in [0.5, 0.6) is 5.75 Å². The summed E-state index contributed by atoms with van der Waals surface area (Å²) in [5, 5.41) is 12.4. The van der Waals surface area contributed by atoms with Crippen LogP contribution in [0.2, 0.25) is 0 Å². The van der Waals surface area contributed by atoms with Gasteiger partial charge in [-0.3, -0.25) is 4.79 Å². The van der Waals surface area contributed by atoms with E-state index >= 15 is 0 Å². The lowest BCUT2D eigenvalue weighted by Gasteiger charge is -2.18. The number of rotatable bonds is 5. The Balaban J connectivity index is 2.33. The number of carbonyl (C=O) groups is 1. The number of methoxy groups -OCH3 is 1. The Labute approximate surface area is 123 Å². The van der Waals surface area contributed by atoms with Crippen LogP contribution in [0.4, 0.5) is 0 Å². The Bertz CT molecular complexity index is 504. The summed E-state index contributed by atoms with van der Waals surface area (Å²) >= 11 is 1.72. The van der Waals surface area contributed by atoms with Gasteiger partial charge in [0, 0.05) is 23.0 Å². The van der Waals surface area contributed by atoms with Gasteiger partial charge >= 0.3 is 5.97 Å². The number of aryl methyl sites for hydroxylation is 1. The summed E-state index contributed by atoms with van der Waals surface area (Å²) in [6.45, 7) is 2.65. The molecule has 0 amide bonds. The van der Waals surface area contributed by atoms with Gasteiger partial charge in [-0.1, -0.05) is 6.92 Å². The maximum Gasteiger partial charge on any atom is 0.307 e. The van der Waals surface area contributed by atoms with Crippen LogP contribution < -0.4 is 10.1 Å². The van der Waals surface area contributed by atoms with E-state index in [-0.39, 0.29) is 12.0 Å². The van der Waals surface area contributed by atoms with E-state index in [0.717, 1.165) is 17.7 Å². The van der Waals surface area contributed by atoms with E-state index in [2.05, 4.69) is 30.6 Å². The molecule has 0 aromatic heterocycles. The van der Waals surface area contributed by atoms with Gasteiger partial charge in [-0.05, 0) is 36.8 Å². The number of hydrogen-bond donors (Lipinski definition) is 2. The molecule has 2 rings (SSSR count). The average Bonchev–Trinajstić information content (AvgIpc) is 2.95. The lowest BCUT2D eigenvalue weighted by Crippen LogP contribution is -2.17. The standard InChI is InChI=1S/C15H21NO3S/c1-4-9-6-13(19-2)11(7-14(9)20-3)12-5-10(8-16-12)15(17)18/h6-7,10,12,16H,4-5,8H2,1-3H3,(H,17,18). The quantitative estimate of drug-likeness (QED) is 0.818. The Morgan fingerprint density at radius 3 is 2.80 bits per heavy atom. The van der Waals surface area contributed by atoms with Crippen molar-refractivity contribution in [3.63, 3.8) is 0 Å². The molecule has 0 aliphatic carbocycles. The summed E-state index contributed by atoms with van der Waals surface area (Å²) in [6.07, 6.45) is 3.64. The van der Waals surface area contributed by atoms with E-state index in [0.29, 0.717) is 13.0 Å². The highest BCUT2D eigenvalue weighted by Crippen LogP contribution is 2.37. The molecule has 0 radical (unpaired) electrons. The summed E-state index contributed by atoms with van der Waals surface area (Å²) in [5.41, 5.74) is 2.34. The third kappa shape index (κ3) is 2.94. The number of benzene rings is 1. The minimum Gasteiger partial charge on any atom is -0.496 e. The first-order valence-corrected chi connectivity index (χ1v) is 8.04. The second-order valence-electron chi connectivity index (χ2n) is 4.99. The zero-order valence-electron chi connectivity index (χ0n) is 12.1. The number of aliphatic carboxylic acids is 1. The van der Waals surface area contributed by atoms with Crippen LogP contribution in [-0.4, -0.2) is 31.0 Å². The molecule has 4 nitrogen and oxygen atoms in total. The predicted octanol–water partition coefficient (Wildman–Crippen LogP) is 2.71. The molecule has 1 heterocycles. The molecule has 1 aromatic rings. The van der Waals surface area contributed by atoms with Crippen LogP contribution >= 0.6 is 11.8 Å². The van der Waals surface area contributed by atoms with E-state index in [1.165, 1.54) is 10.5 Å². The Hall–Kier alpha value is -1.20. The minimum atomic E-state index is -0.728. The van der Waals surface area contributed by atoms with Crippen LogP contribution in [-0.2, 0) is 11.2 Å². The number of carboxylic acids is 1. The SMILES string of the molecule is CCc1cc(OC)c(C2CC(C(=O)O)CN2)cc1SC. The summed E-state index contributed by atoms with van der Waals surface area (Å²) in [4.78, 5) is 12.3. The topological polar surface area (TPSA) is 58.6 Å². The Morgan fingerprint density at radius 2 is 2.30 bits per heavy atom. The number of ether oxygens (including phenoxy) is 1. The van der Waals surface area contributed by atoms with Crippen molar-refractivity contribution in [1.82, 2.24) is 5.32 Å². The highest BCUT2D eigenvalue weighted by molar-refractivity contribution is 7.98. The molecule has 110 valence electrons. The molecule has 1 aliphatic heterocycles. The molecule has 1 aromatic carbocycles. The summed E-state index contributed by atoms with van der Waals surface area (Å²) in [7, 11) is 1.67. The van der Waals surface area contributed by atoms with Gasteiger partial charge in [0.2, 0.25) is 0 Å². The molecule has 1 aliphatic rings. The molecule has 20 heavy (non-hydrogen) atoms. The maximum absolute atomic E-state index is 11.1. The highest BCUT2D eigenvalue weighted by atomic mass is 32.2. The first-order valence-electron chi connectivity index (χ1n) is 6.81. The van der Waals surface area contributed by atoms with E-state index in [1.54, 1.807) is 18.9 Å². The van der Waals surface area contributed by atoms with E-state index in [9.17, 15) is 4.79 Å². The third-order valence-corrected chi connectivity index (χ3v) is 4.69. The van der Waals surface area contributed by atoms with E-state index in [4.69, 9.17) is 9.84 Å². The molecule has 0 bridgehead atoms. The molecular weight excluding hydrogens is 274 g/mol. The van der Waals surface area contributed by atoms with Gasteiger partial charge in [-0.15, -0.1) is 11.8 Å². The maximum atomic E-state index is 11.1. The molecule has 5 heteroatoms. The largest absolute Gasteiger partial charge is 0.496 e. The summed E-state index contributed by atoms with van der Waals surface area (Å²) < 4.78 is 5.50. The van der Waals surface area contributed by atoms with Gasteiger partial charge in [-0.2, -0.15) is 0 Å². The summed E-state index contributed by atoms with van der Waals surface area (Å²) in [5.74, 6) is -0.189. The molecule has 2 atom stereocenters. The van der Waals surface area contributed by atoms with Gasteiger partial charge in [0.15, 0.2) is 0 Å². The van der Waals surface area contributed by atoms with Gasteiger partial charge < -0.3 is 15.2 Å². The molecule has 0 spiro atoms. The van der Waals surface area contributed by atoms with Crippen LogP contribution in [0.1, 0.15) is 30.5 Å². The molecule has 0 saturated carbocycles. The van der Waals surface area contributed by atoms with Crippen molar-refractivity contribution >= 4 is 17.7 Å². The van der Waals surface area contributed by atoms with Crippen molar-refractivity contribution in [3.8, 4) is 5.75 Å². The molecular formula is C15H21NO3S. The van der Waals surface area contributed by atoms with Crippen molar-refractivity contribution in [3.05, 3.63) is 23.3 Å². The van der Waals surface area contributed by atoms with Crippen molar-refractivity contribution in [2.24, 2.45) is 5.92 Å². The van der Waals surface area contributed by atoms with Crippen molar-refractivity contribution in [1.29, 1.82) is 0 Å². The highest BCUT2D eigenvalue weighted by Gasteiger charge is 2.32. The zero-order valence-corrected chi connectivity index (χ0v) is 12.9. The number of hydrogen-bond acceptors (Lipinski definition) is 4. The second kappa shape index (κ2) is 6.50. The second-order valence-corrected chi connectivity index (χ2v) is 5.84. The van der Waals surface area contributed by atoms with Gasteiger partial charge in [-0.25, -0.2) is 0 Å². The van der Waals surface area contributed by atoms with Crippen molar-refractivity contribution < 1.29 is 14.6 Å². The fraction of sp³-hybridized carbons (Fsp3) is 0.533. The first-order chi connectivity index (χ1) is 9.60. The molecule has 2 N–H and O–H groups in total. The van der Waals surface area contributed by atoms with Crippen molar-refractivity contribution in [2.45, 2.75) is 30.7 Å². The molecule has 1 saturated heterocycles. The third-order valence-electron chi connectivity index (χ3n) is 3.87. The van der Waals surface area contributed by atoms with Gasteiger partial charge in [0.25, 0.3) is 0 Å².